The standard InChI is InChI=1S/C7H8O2.C2H4O2/c8-5-6-3-1-2-4-7(6)9;1-2(3)4/h1-4,8-9H,5H2;1H3,(H,3,4). The van der Waals surface area contributed by atoms with Gasteiger partial charge in [0.2, 0.25) is 0 Å². The lowest BCUT2D eigenvalue weighted by atomic mass is 10.2. The molecule has 0 bridgehead atoms. The van der Waals surface area contributed by atoms with E-state index in [1.807, 2.05) is 0 Å². The van der Waals surface area contributed by atoms with Crippen molar-refractivity contribution < 1.29 is 20.1 Å². The van der Waals surface area contributed by atoms with Crippen LogP contribution in [0.15, 0.2) is 24.3 Å². The summed E-state index contributed by atoms with van der Waals surface area (Å²) in [6.07, 6.45) is 0. The fraction of sp³-hybridized carbons (Fsp3) is 0.222. The SMILES string of the molecule is CC(=O)O.OCc1ccccc1O. The van der Waals surface area contributed by atoms with Gasteiger partial charge < -0.3 is 15.3 Å². The fourth-order valence-corrected chi connectivity index (χ4v) is 0.645. The zero-order valence-electron chi connectivity index (χ0n) is 7.27. The number of carboxylic acid groups (broad SMARTS) is 1. The Morgan fingerprint density at radius 1 is 1.38 bits per heavy atom. The topological polar surface area (TPSA) is 77.8 Å². The normalized spacial score (nSPS) is 8.46. The van der Waals surface area contributed by atoms with Crippen molar-refractivity contribution in [2.24, 2.45) is 0 Å². The summed E-state index contributed by atoms with van der Waals surface area (Å²) in [5.74, 6) is -0.681. The van der Waals surface area contributed by atoms with Crippen molar-refractivity contribution in [3.05, 3.63) is 29.8 Å². The average Bonchev–Trinajstić information content (AvgIpc) is 2.04. The van der Waals surface area contributed by atoms with Gasteiger partial charge in [-0.2, -0.15) is 0 Å². The number of aliphatic carboxylic acids is 1. The molecule has 0 heterocycles. The first-order valence-electron chi connectivity index (χ1n) is 3.65. The van der Waals surface area contributed by atoms with Crippen LogP contribution in [0.2, 0.25) is 0 Å². The van der Waals surface area contributed by atoms with Crippen LogP contribution in [0.1, 0.15) is 12.5 Å². The molecule has 72 valence electrons. The van der Waals surface area contributed by atoms with Crippen molar-refractivity contribution in [1.29, 1.82) is 0 Å². The van der Waals surface area contributed by atoms with Gasteiger partial charge in [-0.25, -0.2) is 0 Å². The van der Waals surface area contributed by atoms with E-state index in [4.69, 9.17) is 20.1 Å². The minimum Gasteiger partial charge on any atom is -0.508 e. The minimum atomic E-state index is -0.833. The maximum absolute atomic E-state index is 9.00. The molecule has 0 amide bonds. The van der Waals surface area contributed by atoms with Gasteiger partial charge in [0.25, 0.3) is 5.97 Å². The summed E-state index contributed by atoms with van der Waals surface area (Å²) < 4.78 is 0. The third-order valence-corrected chi connectivity index (χ3v) is 1.16. The third-order valence-electron chi connectivity index (χ3n) is 1.16. The van der Waals surface area contributed by atoms with Gasteiger partial charge >= 0.3 is 0 Å². The zero-order valence-corrected chi connectivity index (χ0v) is 7.27. The molecule has 1 aromatic rings. The Kier molecular flexibility index (Phi) is 5.30. The molecule has 0 aliphatic carbocycles. The van der Waals surface area contributed by atoms with Gasteiger partial charge in [0, 0.05) is 12.5 Å². The van der Waals surface area contributed by atoms with E-state index in [1.54, 1.807) is 24.3 Å². The number of carbonyl (C=O) groups is 1. The highest BCUT2D eigenvalue weighted by molar-refractivity contribution is 5.62. The van der Waals surface area contributed by atoms with E-state index in [-0.39, 0.29) is 12.4 Å². The van der Waals surface area contributed by atoms with E-state index in [2.05, 4.69) is 0 Å². The van der Waals surface area contributed by atoms with Crippen LogP contribution >= 0.6 is 0 Å². The van der Waals surface area contributed by atoms with Crippen molar-refractivity contribution in [3.8, 4) is 5.75 Å². The summed E-state index contributed by atoms with van der Waals surface area (Å²) in [6.45, 7) is 0.979. The molecule has 0 saturated heterocycles. The molecule has 0 fully saturated rings. The fourth-order valence-electron chi connectivity index (χ4n) is 0.645. The number of rotatable bonds is 1. The molecule has 4 heteroatoms. The molecule has 0 spiro atoms. The monoisotopic (exact) mass is 184 g/mol. The Morgan fingerprint density at radius 2 is 1.85 bits per heavy atom. The molecule has 0 aliphatic heterocycles. The van der Waals surface area contributed by atoms with Gasteiger partial charge in [0.1, 0.15) is 5.75 Å². The van der Waals surface area contributed by atoms with E-state index >= 15 is 0 Å². The highest BCUT2D eigenvalue weighted by Crippen LogP contribution is 2.14. The molecule has 1 aromatic carbocycles. The van der Waals surface area contributed by atoms with Crippen LogP contribution in [-0.4, -0.2) is 21.3 Å². The summed E-state index contributed by atoms with van der Waals surface area (Å²) >= 11 is 0. The number of benzene rings is 1. The van der Waals surface area contributed by atoms with E-state index in [0.717, 1.165) is 6.92 Å². The maximum Gasteiger partial charge on any atom is 0.300 e. The first-order chi connectivity index (χ1) is 6.07. The largest absolute Gasteiger partial charge is 0.508 e. The van der Waals surface area contributed by atoms with Crippen LogP contribution in [0.25, 0.3) is 0 Å². The predicted molar refractivity (Wildman–Crippen MR) is 47.3 cm³/mol. The van der Waals surface area contributed by atoms with Crippen LogP contribution < -0.4 is 0 Å². The molecule has 0 saturated carbocycles. The Balaban J connectivity index is 0.000000310. The summed E-state index contributed by atoms with van der Waals surface area (Å²) in [4.78, 5) is 9.00. The number of phenols is 1. The first-order valence-corrected chi connectivity index (χ1v) is 3.65. The number of hydrogen-bond acceptors (Lipinski definition) is 3. The predicted octanol–water partition coefficient (Wildman–Crippen LogP) is 0.975. The highest BCUT2D eigenvalue weighted by atomic mass is 16.4. The van der Waals surface area contributed by atoms with Crippen molar-refractivity contribution in [2.75, 3.05) is 0 Å². The number of aliphatic hydroxyl groups is 1. The maximum atomic E-state index is 9.00. The van der Waals surface area contributed by atoms with Gasteiger partial charge in [-0.3, -0.25) is 4.79 Å². The van der Waals surface area contributed by atoms with Crippen LogP contribution in [-0.2, 0) is 11.4 Å². The van der Waals surface area contributed by atoms with E-state index in [0.29, 0.717) is 5.56 Å². The molecule has 3 N–H and O–H groups in total. The highest BCUT2D eigenvalue weighted by Gasteiger charge is 1.93. The van der Waals surface area contributed by atoms with E-state index in [9.17, 15) is 0 Å². The van der Waals surface area contributed by atoms with Gasteiger partial charge in [-0.1, -0.05) is 18.2 Å². The Labute approximate surface area is 76.1 Å². The van der Waals surface area contributed by atoms with Gasteiger partial charge in [0.05, 0.1) is 6.61 Å². The molecular weight excluding hydrogens is 172 g/mol. The van der Waals surface area contributed by atoms with Crippen LogP contribution in [0.3, 0.4) is 0 Å². The van der Waals surface area contributed by atoms with Crippen LogP contribution in [0.4, 0.5) is 0 Å². The zero-order chi connectivity index (χ0) is 10.3. The van der Waals surface area contributed by atoms with Crippen molar-refractivity contribution in [2.45, 2.75) is 13.5 Å². The Hall–Kier alpha value is -1.55. The van der Waals surface area contributed by atoms with E-state index in [1.165, 1.54) is 0 Å². The molecule has 0 atom stereocenters. The molecule has 0 unspecified atom stereocenters. The van der Waals surface area contributed by atoms with Crippen molar-refractivity contribution in [3.63, 3.8) is 0 Å². The molecular formula is C9H12O4. The number of carboxylic acids is 1. The Morgan fingerprint density at radius 3 is 2.15 bits per heavy atom. The second-order valence-electron chi connectivity index (χ2n) is 2.31. The second-order valence-corrected chi connectivity index (χ2v) is 2.31. The summed E-state index contributed by atoms with van der Waals surface area (Å²) in [5, 5.41) is 24.9. The molecule has 13 heavy (non-hydrogen) atoms. The number of para-hydroxylation sites is 1. The molecule has 0 aliphatic rings. The van der Waals surface area contributed by atoms with Gasteiger partial charge in [-0.15, -0.1) is 0 Å². The first kappa shape index (κ1) is 11.4. The minimum absolute atomic E-state index is 0.104. The summed E-state index contributed by atoms with van der Waals surface area (Å²) in [5.41, 5.74) is 0.567. The lowest BCUT2D eigenvalue weighted by molar-refractivity contribution is -0.134. The lowest BCUT2D eigenvalue weighted by Gasteiger charge is -1.96. The van der Waals surface area contributed by atoms with Gasteiger partial charge in [0.15, 0.2) is 0 Å². The van der Waals surface area contributed by atoms with Gasteiger partial charge in [-0.05, 0) is 6.07 Å². The number of aromatic hydroxyl groups is 1. The quantitative estimate of drug-likeness (QED) is 0.607. The summed E-state index contributed by atoms with van der Waals surface area (Å²) in [6, 6.07) is 6.71. The number of hydrogen-bond donors (Lipinski definition) is 3. The van der Waals surface area contributed by atoms with Crippen LogP contribution in [0.5, 0.6) is 5.75 Å². The number of aliphatic hydroxyl groups excluding tert-OH is 1. The smallest absolute Gasteiger partial charge is 0.300 e. The van der Waals surface area contributed by atoms with E-state index < -0.39 is 5.97 Å². The average molecular weight is 184 g/mol. The van der Waals surface area contributed by atoms with Crippen molar-refractivity contribution in [1.82, 2.24) is 0 Å². The molecule has 4 nitrogen and oxygen atoms in total. The molecule has 0 radical (unpaired) electrons. The third kappa shape index (κ3) is 5.69. The lowest BCUT2D eigenvalue weighted by Crippen LogP contribution is -1.80. The summed E-state index contributed by atoms with van der Waals surface area (Å²) in [7, 11) is 0. The van der Waals surface area contributed by atoms with Crippen LogP contribution in [0, 0.1) is 0 Å². The second kappa shape index (κ2) is 6.02. The molecule has 0 aromatic heterocycles. The molecule has 1 rings (SSSR count). The van der Waals surface area contributed by atoms with Crippen molar-refractivity contribution >= 4 is 5.97 Å². The Bertz CT molecular complexity index is 266.